The third kappa shape index (κ3) is 8.13. The van der Waals surface area contributed by atoms with Crippen LogP contribution in [0.15, 0.2) is 59.7 Å². The van der Waals surface area contributed by atoms with E-state index in [2.05, 4.69) is 10.5 Å². The van der Waals surface area contributed by atoms with Crippen LogP contribution in [0.5, 0.6) is 17.2 Å². The number of rotatable bonds is 11. The van der Waals surface area contributed by atoms with Crippen molar-refractivity contribution in [3.8, 4) is 17.2 Å². The summed E-state index contributed by atoms with van der Waals surface area (Å²) in [7, 11) is 0. The summed E-state index contributed by atoms with van der Waals surface area (Å²) in [5.41, 5.74) is 5.09. The van der Waals surface area contributed by atoms with E-state index >= 15 is 0 Å². The van der Waals surface area contributed by atoms with Crippen LogP contribution in [0.25, 0.3) is 0 Å². The number of ether oxygens (including phenoxy) is 3. The van der Waals surface area contributed by atoms with Crippen LogP contribution in [0, 0.1) is 0 Å². The van der Waals surface area contributed by atoms with E-state index in [4.69, 9.17) is 49.0 Å². The van der Waals surface area contributed by atoms with Crippen LogP contribution in [-0.2, 0) is 11.4 Å². The third-order valence-corrected chi connectivity index (χ3v) is 9.24. The van der Waals surface area contributed by atoms with Crippen LogP contribution >= 0.6 is 58.3 Å². The van der Waals surface area contributed by atoms with Crippen LogP contribution in [0.2, 0.25) is 15.1 Å². The molecule has 0 radical (unpaired) electrons. The Balaban J connectivity index is 1.31. The molecule has 11 heteroatoms. The Labute approximate surface area is 245 Å². The molecule has 1 saturated heterocycles. The minimum Gasteiger partial charge on any atom is -0.490 e. The smallest absolute Gasteiger partial charge is 0.277 e. The number of nitrogens with one attached hydrogen (secondary N) is 1. The predicted octanol–water partition coefficient (Wildman–Crippen LogP) is 7.63. The van der Waals surface area contributed by atoms with Gasteiger partial charge in [0.15, 0.2) is 18.1 Å². The highest BCUT2D eigenvalue weighted by atomic mass is 35.5. The second kappa shape index (κ2) is 14.2. The average Bonchev–Trinajstić information content (AvgIpc) is 3.44. The van der Waals surface area contributed by atoms with Crippen molar-refractivity contribution >= 4 is 70.4 Å². The number of hydrazone groups is 1. The number of benzene rings is 3. The van der Waals surface area contributed by atoms with E-state index in [0.717, 1.165) is 5.56 Å². The lowest BCUT2D eigenvalue weighted by molar-refractivity contribution is -0.123. The van der Waals surface area contributed by atoms with Crippen molar-refractivity contribution in [3.05, 3.63) is 86.4 Å². The Kier molecular flexibility index (Phi) is 10.8. The van der Waals surface area contributed by atoms with E-state index in [1.165, 1.54) is 23.3 Å². The van der Waals surface area contributed by atoms with Crippen LogP contribution in [0.1, 0.15) is 28.2 Å². The summed E-state index contributed by atoms with van der Waals surface area (Å²) >= 11 is 22.6. The molecule has 0 saturated carbocycles. The molecule has 1 aliphatic rings. The zero-order valence-corrected chi connectivity index (χ0v) is 24.3. The molecule has 1 amide bonds. The molecule has 0 unspecified atom stereocenters. The minimum absolute atomic E-state index is 0.158. The number of halogens is 3. The molecule has 200 valence electrons. The summed E-state index contributed by atoms with van der Waals surface area (Å²) in [6, 6.07) is 16.4. The first kappa shape index (κ1) is 28.8. The van der Waals surface area contributed by atoms with Gasteiger partial charge in [0.25, 0.3) is 5.91 Å². The van der Waals surface area contributed by atoms with Crippen molar-refractivity contribution in [2.24, 2.45) is 5.10 Å². The lowest BCUT2D eigenvalue weighted by Gasteiger charge is -2.15. The lowest BCUT2D eigenvalue weighted by atomic mass is 10.2. The van der Waals surface area contributed by atoms with Gasteiger partial charge in [0.2, 0.25) is 0 Å². The molecule has 0 bridgehead atoms. The van der Waals surface area contributed by atoms with Gasteiger partial charge in [-0.15, -0.1) is 23.5 Å². The maximum absolute atomic E-state index is 12.2. The molecule has 1 fully saturated rings. The standard InChI is InChI=1S/C27H25Cl3N2O4S2/c1-2-34-24-12-17(11-23(30)26(24)36-15-19-3-6-20(28)13-22(19)29)14-31-32-25(33)16-35-21-7-4-18(5-8-21)27-37-9-10-38-27/h3-8,11-14,27H,2,9-10,15-16H2,1H3,(H,32,33)/b31-14-. The van der Waals surface area contributed by atoms with Crippen LogP contribution in [0.3, 0.4) is 0 Å². The number of nitrogens with zero attached hydrogens (tertiary/aromatic N) is 1. The lowest BCUT2D eigenvalue weighted by Crippen LogP contribution is -2.24. The molecule has 0 aromatic heterocycles. The van der Waals surface area contributed by atoms with Crippen molar-refractivity contribution in [2.75, 3.05) is 24.7 Å². The minimum atomic E-state index is -0.386. The first-order chi connectivity index (χ1) is 18.4. The summed E-state index contributed by atoms with van der Waals surface area (Å²) in [6.07, 6.45) is 1.47. The molecule has 1 aliphatic heterocycles. The van der Waals surface area contributed by atoms with E-state index in [9.17, 15) is 4.79 Å². The van der Waals surface area contributed by atoms with E-state index < -0.39 is 0 Å². The van der Waals surface area contributed by atoms with E-state index in [0.29, 0.717) is 49.1 Å². The number of carbonyl (C=O) groups excluding carboxylic acids is 1. The topological polar surface area (TPSA) is 69.2 Å². The van der Waals surface area contributed by atoms with Gasteiger partial charge in [-0.3, -0.25) is 4.79 Å². The predicted molar refractivity (Wildman–Crippen MR) is 159 cm³/mol. The van der Waals surface area contributed by atoms with E-state index in [1.807, 2.05) is 54.7 Å². The SMILES string of the molecule is CCOc1cc(/C=N\NC(=O)COc2ccc(C3SCCS3)cc2)cc(Cl)c1OCc1ccc(Cl)cc1Cl. The summed E-state index contributed by atoms with van der Waals surface area (Å²) < 4.78 is 17.7. The molecule has 3 aromatic carbocycles. The molecule has 3 aromatic rings. The van der Waals surface area contributed by atoms with Crippen molar-refractivity contribution in [3.63, 3.8) is 0 Å². The maximum atomic E-state index is 12.2. The summed E-state index contributed by atoms with van der Waals surface area (Å²) in [4.78, 5) is 12.2. The first-order valence-corrected chi connectivity index (χ1v) is 15.0. The summed E-state index contributed by atoms with van der Waals surface area (Å²) in [6.45, 7) is 2.28. The molecule has 38 heavy (non-hydrogen) atoms. The van der Waals surface area contributed by atoms with Crippen molar-refractivity contribution < 1.29 is 19.0 Å². The van der Waals surface area contributed by atoms with Crippen LogP contribution in [-0.4, -0.2) is 36.8 Å². The molecule has 6 nitrogen and oxygen atoms in total. The van der Waals surface area contributed by atoms with Gasteiger partial charge >= 0.3 is 0 Å². The largest absolute Gasteiger partial charge is 0.490 e. The Morgan fingerprint density at radius 1 is 1.00 bits per heavy atom. The summed E-state index contributed by atoms with van der Waals surface area (Å²) in [5.74, 6) is 3.41. The molecule has 1 N–H and O–H groups in total. The molecule has 1 heterocycles. The van der Waals surface area contributed by atoms with Gasteiger partial charge in [-0.1, -0.05) is 53.0 Å². The Bertz CT molecular complexity index is 1290. The van der Waals surface area contributed by atoms with E-state index in [1.54, 1.807) is 30.3 Å². The fourth-order valence-electron chi connectivity index (χ4n) is 3.49. The Morgan fingerprint density at radius 3 is 2.47 bits per heavy atom. The quantitative estimate of drug-likeness (QED) is 0.178. The van der Waals surface area contributed by atoms with Gasteiger partial charge in [0, 0.05) is 27.1 Å². The number of thioether (sulfide) groups is 2. The highest BCUT2D eigenvalue weighted by Gasteiger charge is 2.18. The van der Waals surface area contributed by atoms with Gasteiger partial charge in [-0.25, -0.2) is 5.43 Å². The van der Waals surface area contributed by atoms with Crippen molar-refractivity contribution in [2.45, 2.75) is 18.1 Å². The first-order valence-electron chi connectivity index (χ1n) is 11.7. The number of hydrogen-bond donors (Lipinski definition) is 1. The zero-order valence-electron chi connectivity index (χ0n) is 20.4. The fraction of sp³-hybridized carbons (Fsp3) is 0.259. The highest BCUT2D eigenvalue weighted by molar-refractivity contribution is 8.19. The third-order valence-electron chi connectivity index (χ3n) is 5.27. The number of carbonyl (C=O) groups is 1. The Morgan fingerprint density at radius 2 is 1.76 bits per heavy atom. The molecular weight excluding hydrogens is 587 g/mol. The van der Waals surface area contributed by atoms with Gasteiger partial charge in [0.1, 0.15) is 12.4 Å². The Hall–Kier alpha value is -2.23. The summed E-state index contributed by atoms with van der Waals surface area (Å²) in [5, 5.41) is 5.38. The highest BCUT2D eigenvalue weighted by Crippen LogP contribution is 2.45. The van der Waals surface area contributed by atoms with E-state index in [-0.39, 0.29) is 19.1 Å². The second-order valence-electron chi connectivity index (χ2n) is 8.01. The van der Waals surface area contributed by atoms with Gasteiger partial charge in [0.05, 0.1) is 22.4 Å². The number of amides is 1. The van der Waals surface area contributed by atoms with Gasteiger partial charge in [-0.05, 0) is 54.4 Å². The van der Waals surface area contributed by atoms with Crippen LogP contribution in [0.4, 0.5) is 0 Å². The normalized spacial score (nSPS) is 13.6. The average molecular weight is 612 g/mol. The molecule has 0 atom stereocenters. The molecular formula is C27H25Cl3N2O4S2. The molecule has 0 spiro atoms. The van der Waals surface area contributed by atoms with Gasteiger partial charge in [-0.2, -0.15) is 5.10 Å². The van der Waals surface area contributed by atoms with Crippen molar-refractivity contribution in [1.29, 1.82) is 0 Å². The monoisotopic (exact) mass is 610 g/mol. The van der Waals surface area contributed by atoms with Crippen LogP contribution < -0.4 is 19.6 Å². The maximum Gasteiger partial charge on any atom is 0.277 e. The number of hydrogen-bond acceptors (Lipinski definition) is 7. The molecule has 4 rings (SSSR count). The zero-order chi connectivity index (χ0) is 26.9. The fourth-order valence-corrected chi connectivity index (χ4v) is 7.08. The van der Waals surface area contributed by atoms with Gasteiger partial charge < -0.3 is 14.2 Å². The van der Waals surface area contributed by atoms with Crippen molar-refractivity contribution in [1.82, 2.24) is 5.43 Å². The second-order valence-corrected chi connectivity index (χ2v) is 12.0. The molecule has 0 aliphatic carbocycles.